The number of aromatic nitrogens is 2. The number of nitrogens with zero attached hydrogens (tertiary/aromatic N) is 2. The van der Waals surface area contributed by atoms with Crippen LogP contribution in [0.5, 0.6) is 0 Å². The fourth-order valence-electron chi connectivity index (χ4n) is 4.20. The fourth-order valence-corrected chi connectivity index (χ4v) is 5.89. The lowest BCUT2D eigenvalue weighted by molar-refractivity contribution is 0.340. The van der Waals surface area contributed by atoms with Crippen molar-refractivity contribution >= 4 is 20.9 Å². The Kier molecular flexibility index (Phi) is 4.45. The number of nitrogens with one attached hydrogen (secondary N) is 1. The molecule has 29 heavy (non-hydrogen) atoms. The third-order valence-corrected chi connectivity index (χ3v) is 7.36. The molecule has 0 saturated heterocycles. The average Bonchev–Trinajstić information content (AvgIpc) is 3.17. The van der Waals surface area contributed by atoms with Crippen molar-refractivity contribution in [2.45, 2.75) is 18.2 Å². The summed E-state index contributed by atoms with van der Waals surface area (Å²) in [6, 6.07) is 24.9. The van der Waals surface area contributed by atoms with E-state index >= 15 is 0 Å². The summed E-state index contributed by atoms with van der Waals surface area (Å²) >= 11 is 0. The van der Waals surface area contributed by atoms with Crippen molar-refractivity contribution in [3.63, 3.8) is 0 Å². The van der Waals surface area contributed by atoms with Gasteiger partial charge in [-0.05, 0) is 29.2 Å². The Morgan fingerprint density at radius 3 is 2.52 bits per heavy atom. The number of H-pyrrole nitrogens is 1. The Morgan fingerprint density at radius 2 is 1.66 bits per heavy atom. The largest absolute Gasteiger partial charge is 0.279 e. The number of benzene rings is 3. The van der Waals surface area contributed by atoms with E-state index in [9.17, 15) is 8.42 Å². The zero-order chi connectivity index (χ0) is 19.8. The van der Waals surface area contributed by atoms with E-state index in [1.165, 1.54) is 5.56 Å². The van der Waals surface area contributed by atoms with Crippen molar-refractivity contribution in [2.24, 2.45) is 0 Å². The number of sulfonamides is 1. The van der Waals surface area contributed by atoms with Crippen LogP contribution in [0, 0.1) is 0 Å². The van der Waals surface area contributed by atoms with Gasteiger partial charge in [-0.1, -0.05) is 72.8 Å². The predicted molar refractivity (Wildman–Crippen MR) is 114 cm³/mol. The van der Waals surface area contributed by atoms with E-state index < -0.39 is 16.1 Å². The van der Waals surface area contributed by atoms with Gasteiger partial charge in [0.2, 0.25) is 10.0 Å². The van der Waals surface area contributed by atoms with Crippen LogP contribution in [0.4, 0.5) is 0 Å². The van der Waals surface area contributed by atoms with E-state index in [-0.39, 0.29) is 5.75 Å². The maximum atomic E-state index is 13.5. The molecule has 0 radical (unpaired) electrons. The van der Waals surface area contributed by atoms with Crippen LogP contribution in [-0.2, 0) is 22.2 Å². The molecule has 5 rings (SSSR count). The summed E-state index contributed by atoms with van der Waals surface area (Å²) in [4.78, 5) is 0. The highest BCUT2D eigenvalue weighted by atomic mass is 32.2. The van der Waals surface area contributed by atoms with Gasteiger partial charge in [0.1, 0.15) is 0 Å². The van der Waals surface area contributed by atoms with E-state index in [4.69, 9.17) is 0 Å². The Bertz CT molecular complexity index is 1270. The van der Waals surface area contributed by atoms with Crippen LogP contribution in [0.2, 0.25) is 0 Å². The van der Waals surface area contributed by atoms with Gasteiger partial charge in [0.05, 0.1) is 23.0 Å². The van der Waals surface area contributed by atoms with Crippen molar-refractivity contribution < 1.29 is 8.42 Å². The van der Waals surface area contributed by atoms with E-state index in [0.29, 0.717) is 13.0 Å². The summed E-state index contributed by atoms with van der Waals surface area (Å²) in [5, 5.41) is 8.51. The lowest BCUT2D eigenvalue weighted by Gasteiger charge is -2.36. The van der Waals surface area contributed by atoms with Crippen LogP contribution in [0.1, 0.15) is 28.4 Å². The van der Waals surface area contributed by atoms with Gasteiger partial charge < -0.3 is 0 Å². The lowest BCUT2D eigenvalue weighted by Crippen LogP contribution is -2.41. The molecule has 0 unspecified atom stereocenters. The summed E-state index contributed by atoms with van der Waals surface area (Å²) in [5.74, 6) is -0.0153. The zero-order valence-corrected chi connectivity index (χ0v) is 16.6. The molecule has 1 N–H and O–H groups in total. The van der Waals surface area contributed by atoms with Gasteiger partial charge in [-0.2, -0.15) is 9.40 Å². The van der Waals surface area contributed by atoms with Crippen molar-refractivity contribution in [3.8, 4) is 0 Å². The van der Waals surface area contributed by atoms with Gasteiger partial charge in [-0.15, -0.1) is 0 Å². The molecule has 6 heteroatoms. The first-order valence-electron chi connectivity index (χ1n) is 9.68. The summed E-state index contributed by atoms with van der Waals surface area (Å²) in [5.41, 5.74) is 4.65. The first kappa shape index (κ1) is 18.1. The minimum Gasteiger partial charge on any atom is -0.279 e. The van der Waals surface area contributed by atoms with Gasteiger partial charge >= 0.3 is 0 Å². The Labute approximate surface area is 170 Å². The maximum Gasteiger partial charge on any atom is 0.219 e. The van der Waals surface area contributed by atoms with Gasteiger partial charge in [0.15, 0.2) is 0 Å². The van der Waals surface area contributed by atoms with Gasteiger partial charge in [-0.25, -0.2) is 8.42 Å². The predicted octanol–water partition coefficient (Wildman–Crippen LogP) is 4.04. The van der Waals surface area contributed by atoms with Gasteiger partial charge in [-0.3, -0.25) is 5.10 Å². The molecule has 1 aliphatic heterocycles. The molecule has 0 saturated carbocycles. The van der Waals surface area contributed by atoms with E-state index in [1.54, 1.807) is 4.31 Å². The molecular weight excluding hydrogens is 382 g/mol. The second kappa shape index (κ2) is 7.13. The number of fused-ring (bicyclic) bond motifs is 2. The van der Waals surface area contributed by atoms with Crippen molar-refractivity contribution in [2.75, 3.05) is 6.54 Å². The highest BCUT2D eigenvalue weighted by molar-refractivity contribution is 7.88. The summed E-state index contributed by atoms with van der Waals surface area (Å²) in [6.45, 7) is 0.449. The summed E-state index contributed by atoms with van der Waals surface area (Å²) < 4.78 is 28.6. The molecule has 146 valence electrons. The normalized spacial score (nSPS) is 17.3. The quantitative estimate of drug-likeness (QED) is 0.559. The molecule has 0 bridgehead atoms. The summed E-state index contributed by atoms with van der Waals surface area (Å²) in [6.07, 6.45) is 0.701. The lowest BCUT2D eigenvalue weighted by atomic mass is 9.91. The number of para-hydroxylation sites is 1. The Hall–Kier alpha value is -2.96. The highest BCUT2D eigenvalue weighted by Gasteiger charge is 2.38. The van der Waals surface area contributed by atoms with Crippen molar-refractivity contribution in [1.82, 2.24) is 14.5 Å². The molecular formula is C23H21N3O2S. The molecule has 1 atom stereocenters. The van der Waals surface area contributed by atoms with Crippen LogP contribution in [-0.4, -0.2) is 29.5 Å². The molecule has 1 aliphatic rings. The molecule has 5 nitrogen and oxygen atoms in total. The molecule has 0 spiro atoms. The third kappa shape index (κ3) is 3.24. The van der Waals surface area contributed by atoms with Gasteiger partial charge in [0.25, 0.3) is 0 Å². The Morgan fingerprint density at radius 1 is 0.931 bits per heavy atom. The topological polar surface area (TPSA) is 66.1 Å². The first-order chi connectivity index (χ1) is 14.1. The molecule has 0 aliphatic carbocycles. The zero-order valence-electron chi connectivity index (χ0n) is 15.8. The smallest absolute Gasteiger partial charge is 0.219 e. The SMILES string of the molecule is O=S(=O)(Cc1ccccc1)N1CCc2ccccc2[C@@H]1c1[nH]nc2ccccc12. The Balaban J connectivity index is 1.65. The van der Waals surface area contributed by atoms with E-state index in [1.807, 2.05) is 72.8 Å². The van der Waals surface area contributed by atoms with Crippen molar-refractivity contribution in [3.05, 3.63) is 101 Å². The standard InChI is InChI=1S/C23H21N3O2S/c27-29(28,16-17-8-2-1-3-9-17)26-15-14-18-10-4-5-11-19(18)23(26)22-20-12-6-7-13-21(20)24-25-22/h1-13,23H,14-16H2,(H,24,25)/t23-/m1/s1. The van der Waals surface area contributed by atoms with E-state index in [0.717, 1.165) is 27.7 Å². The first-order valence-corrected chi connectivity index (χ1v) is 11.3. The number of aromatic amines is 1. The summed E-state index contributed by atoms with van der Waals surface area (Å²) in [7, 11) is -3.54. The number of hydrogen-bond acceptors (Lipinski definition) is 3. The van der Waals surface area contributed by atoms with Crippen LogP contribution in [0.15, 0.2) is 78.9 Å². The molecule has 1 aromatic heterocycles. The molecule has 2 heterocycles. The molecule has 0 fully saturated rings. The van der Waals surface area contributed by atoms with Crippen LogP contribution in [0.25, 0.3) is 10.9 Å². The van der Waals surface area contributed by atoms with Crippen LogP contribution in [0.3, 0.4) is 0 Å². The van der Waals surface area contributed by atoms with Crippen molar-refractivity contribution in [1.29, 1.82) is 0 Å². The minimum atomic E-state index is -3.54. The minimum absolute atomic E-state index is 0.0153. The van der Waals surface area contributed by atoms with E-state index in [2.05, 4.69) is 16.3 Å². The second-order valence-electron chi connectivity index (χ2n) is 7.36. The highest BCUT2D eigenvalue weighted by Crippen LogP contribution is 2.39. The van der Waals surface area contributed by atoms with Gasteiger partial charge in [0, 0.05) is 11.9 Å². The van der Waals surface area contributed by atoms with Crippen LogP contribution >= 0.6 is 0 Å². The second-order valence-corrected chi connectivity index (χ2v) is 9.28. The molecule has 3 aromatic carbocycles. The number of hydrogen-bond donors (Lipinski definition) is 1. The number of rotatable bonds is 4. The maximum absolute atomic E-state index is 13.5. The van der Waals surface area contributed by atoms with Crippen LogP contribution < -0.4 is 0 Å². The molecule has 0 amide bonds. The monoisotopic (exact) mass is 403 g/mol. The average molecular weight is 404 g/mol. The third-order valence-electron chi connectivity index (χ3n) is 5.55. The fraction of sp³-hybridized carbons (Fsp3) is 0.174. The molecule has 4 aromatic rings.